The van der Waals surface area contributed by atoms with Crippen LogP contribution in [0.3, 0.4) is 0 Å². The maximum absolute atomic E-state index is 13.5. The molecule has 31 heavy (non-hydrogen) atoms. The molecule has 1 aromatic heterocycles. The number of nitrogen functional groups attached to an aromatic ring is 1. The predicted octanol–water partition coefficient (Wildman–Crippen LogP) is 2.16. The number of nitrogens with two attached hydrogens (primary N) is 1. The van der Waals surface area contributed by atoms with E-state index in [9.17, 15) is 22.8 Å². The first-order valence-electron chi connectivity index (χ1n) is 10.4. The standard InChI is InChI=1S/C21H30N4O5S/c1-4-6-10-14-24(20(27)15-11-8-9-12-16(15)31(3,29)30)17-18(22)25(13-7-5-2)21(28)23-19(17)26/h8-9,11-12H,4-7,10,13-14,22H2,1-3H3,(H,23,26,28). The van der Waals surface area contributed by atoms with Gasteiger partial charge in [0.25, 0.3) is 11.5 Å². The fourth-order valence-corrected chi connectivity index (χ4v) is 4.20. The number of nitrogens with zero attached hydrogens (tertiary/aromatic N) is 2. The Bertz CT molecular complexity index is 1150. The van der Waals surface area contributed by atoms with Gasteiger partial charge >= 0.3 is 5.69 Å². The first-order valence-corrected chi connectivity index (χ1v) is 12.3. The van der Waals surface area contributed by atoms with Crippen molar-refractivity contribution in [1.29, 1.82) is 0 Å². The maximum Gasteiger partial charge on any atom is 0.330 e. The molecule has 0 saturated heterocycles. The summed E-state index contributed by atoms with van der Waals surface area (Å²) >= 11 is 0. The van der Waals surface area contributed by atoms with Crippen molar-refractivity contribution >= 4 is 27.2 Å². The van der Waals surface area contributed by atoms with Crippen LogP contribution in [0.25, 0.3) is 0 Å². The summed E-state index contributed by atoms with van der Waals surface area (Å²) in [6.45, 7) is 4.40. The highest BCUT2D eigenvalue weighted by Gasteiger charge is 2.28. The molecule has 2 rings (SSSR count). The Kier molecular flexibility index (Phi) is 8.21. The molecule has 0 aliphatic rings. The molecule has 0 aliphatic heterocycles. The number of carbonyl (C=O) groups is 1. The van der Waals surface area contributed by atoms with E-state index in [2.05, 4.69) is 4.98 Å². The van der Waals surface area contributed by atoms with Gasteiger partial charge in [-0.25, -0.2) is 13.2 Å². The molecule has 2 aromatic rings. The molecule has 0 saturated carbocycles. The third-order valence-electron chi connectivity index (χ3n) is 4.97. The van der Waals surface area contributed by atoms with Gasteiger partial charge in [0, 0.05) is 19.3 Å². The first-order chi connectivity index (χ1) is 14.6. The molecule has 0 unspecified atom stereocenters. The summed E-state index contributed by atoms with van der Waals surface area (Å²) in [4.78, 5) is 41.8. The number of unbranched alkanes of at least 4 members (excludes halogenated alkanes) is 3. The van der Waals surface area contributed by atoms with Crippen LogP contribution in [-0.2, 0) is 16.4 Å². The van der Waals surface area contributed by atoms with Gasteiger partial charge in [0.1, 0.15) is 5.82 Å². The van der Waals surface area contributed by atoms with E-state index in [-0.39, 0.29) is 28.5 Å². The zero-order valence-corrected chi connectivity index (χ0v) is 19.0. The van der Waals surface area contributed by atoms with Gasteiger partial charge < -0.3 is 10.6 Å². The fourth-order valence-electron chi connectivity index (χ4n) is 3.32. The summed E-state index contributed by atoms with van der Waals surface area (Å²) in [7, 11) is -3.69. The van der Waals surface area contributed by atoms with Gasteiger partial charge in [-0.1, -0.05) is 45.2 Å². The minimum absolute atomic E-state index is 0.0494. The normalized spacial score (nSPS) is 11.5. The Labute approximate surface area is 181 Å². The molecule has 0 spiro atoms. The number of sulfone groups is 1. The lowest BCUT2D eigenvalue weighted by molar-refractivity contribution is 0.0983. The Hall–Kier alpha value is -2.88. The molecule has 1 heterocycles. The second-order valence-corrected chi connectivity index (χ2v) is 9.41. The highest BCUT2D eigenvalue weighted by molar-refractivity contribution is 7.90. The van der Waals surface area contributed by atoms with Gasteiger partial charge in [0.15, 0.2) is 15.5 Å². The molecular formula is C21H30N4O5S. The number of rotatable bonds is 10. The van der Waals surface area contributed by atoms with Crippen LogP contribution in [0.2, 0.25) is 0 Å². The number of H-pyrrole nitrogens is 1. The van der Waals surface area contributed by atoms with Crippen molar-refractivity contribution in [2.24, 2.45) is 0 Å². The first kappa shape index (κ1) is 24.4. The molecule has 10 heteroatoms. The summed E-state index contributed by atoms with van der Waals surface area (Å²) < 4.78 is 25.7. The molecule has 3 N–H and O–H groups in total. The van der Waals surface area contributed by atoms with E-state index in [4.69, 9.17) is 5.73 Å². The van der Waals surface area contributed by atoms with Crippen LogP contribution in [-0.4, -0.2) is 36.7 Å². The second kappa shape index (κ2) is 10.4. The van der Waals surface area contributed by atoms with Crippen molar-refractivity contribution in [2.75, 3.05) is 23.4 Å². The van der Waals surface area contributed by atoms with Gasteiger partial charge in [-0.15, -0.1) is 0 Å². The minimum atomic E-state index is -3.69. The molecule has 1 aromatic carbocycles. The quantitative estimate of drug-likeness (QED) is 0.533. The van der Waals surface area contributed by atoms with Gasteiger partial charge in [-0.3, -0.25) is 19.1 Å². The Morgan fingerprint density at radius 3 is 2.35 bits per heavy atom. The van der Waals surface area contributed by atoms with Crippen LogP contribution >= 0.6 is 0 Å². The number of anilines is 2. The lowest BCUT2D eigenvalue weighted by Crippen LogP contribution is -2.42. The average Bonchev–Trinajstić information content (AvgIpc) is 2.71. The largest absolute Gasteiger partial charge is 0.383 e. The summed E-state index contributed by atoms with van der Waals surface area (Å²) in [6.07, 6.45) is 4.75. The van der Waals surface area contributed by atoms with Crippen LogP contribution < -0.4 is 21.9 Å². The Morgan fingerprint density at radius 1 is 1.10 bits per heavy atom. The third kappa shape index (κ3) is 5.63. The van der Waals surface area contributed by atoms with Crippen molar-refractivity contribution in [3.63, 3.8) is 0 Å². The van der Waals surface area contributed by atoms with Crippen LogP contribution in [0.1, 0.15) is 56.3 Å². The van der Waals surface area contributed by atoms with Gasteiger partial charge in [0.05, 0.1) is 10.5 Å². The van der Waals surface area contributed by atoms with Gasteiger partial charge in [-0.05, 0) is 25.0 Å². The number of hydrogen-bond donors (Lipinski definition) is 2. The number of aromatic nitrogens is 2. The van der Waals surface area contributed by atoms with Crippen molar-refractivity contribution in [3.05, 3.63) is 50.7 Å². The molecule has 0 atom stereocenters. The van der Waals surface area contributed by atoms with E-state index >= 15 is 0 Å². The van der Waals surface area contributed by atoms with Crippen molar-refractivity contribution < 1.29 is 13.2 Å². The number of carbonyl (C=O) groups excluding carboxylic acids is 1. The van der Waals surface area contributed by atoms with E-state index in [0.29, 0.717) is 19.4 Å². The summed E-state index contributed by atoms with van der Waals surface area (Å²) in [5.74, 6) is -0.765. The molecule has 1 amide bonds. The molecular weight excluding hydrogens is 420 g/mol. The molecule has 9 nitrogen and oxygen atoms in total. The number of hydrogen-bond acceptors (Lipinski definition) is 6. The van der Waals surface area contributed by atoms with E-state index in [1.54, 1.807) is 6.07 Å². The molecule has 0 bridgehead atoms. The van der Waals surface area contributed by atoms with Crippen molar-refractivity contribution in [2.45, 2.75) is 57.4 Å². The van der Waals surface area contributed by atoms with Crippen molar-refractivity contribution in [1.82, 2.24) is 9.55 Å². The predicted molar refractivity (Wildman–Crippen MR) is 121 cm³/mol. The summed E-state index contributed by atoms with van der Waals surface area (Å²) in [5.41, 5.74) is 4.59. The van der Waals surface area contributed by atoms with Crippen LogP contribution in [0, 0.1) is 0 Å². The van der Waals surface area contributed by atoms with E-state index < -0.39 is 27.0 Å². The molecule has 0 fully saturated rings. The van der Waals surface area contributed by atoms with Gasteiger partial charge in [-0.2, -0.15) is 0 Å². The molecule has 170 valence electrons. The number of benzene rings is 1. The third-order valence-corrected chi connectivity index (χ3v) is 6.12. The summed E-state index contributed by atoms with van der Waals surface area (Å²) in [5, 5.41) is 0. The van der Waals surface area contributed by atoms with Crippen LogP contribution in [0.5, 0.6) is 0 Å². The van der Waals surface area contributed by atoms with Gasteiger partial charge in [0.2, 0.25) is 0 Å². The molecule has 0 aliphatic carbocycles. The fraction of sp³-hybridized carbons (Fsp3) is 0.476. The Morgan fingerprint density at radius 2 is 1.74 bits per heavy atom. The number of amides is 1. The highest BCUT2D eigenvalue weighted by atomic mass is 32.2. The average molecular weight is 451 g/mol. The number of aromatic amines is 1. The highest BCUT2D eigenvalue weighted by Crippen LogP contribution is 2.24. The molecule has 0 radical (unpaired) electrons. The Balaban J connectivity index is 2.68. The number of nitrogens with one attached hydrogen (secondary N) is 1. The van der Waals surface area contributed by atoms with E-state index in [1.807, 2.05) is 13.8 Å². The summed E-state index contributed by atoms with van der Waals surface area (Å²) in [6, 6.07) is 5.84. The minimum Gasteiger partial charge on any atom is -0.383 e. The zero-order valence-electron chi connectivity index (χ0n) is 18.2. The topological polar surface area (TPSA) is 135 Å². The maximum atomic E-state index is 13.5. The lowest BCUT2D eigenvalue weighted by Gasteiger charge is -2.25. The second-order valence-electron chi connectivity index (χ2n) is 7.43. The van der Waals surface area contributed by atoms with Crippen LogP contribution in [0.4, 0.5) is 11.5 Å². The smallest absolute Gasteiger partial charge is 0.330 e. The van der Waals surface area contributed by atoms with Crippen LogP contribution in [0.15, 0.2) is 38.8 Å². The monoisotopic (exact) mass is 450 g/mol. The SMILES string of the molecule is CCCCCN(C(=O)c1ccccc1S(C)(=O)=O)c1c(N)n(CCCC)c(=O)[nH]c1=O. The van der Waals surface area contributed by atoms with E-state index in [0.717, 1.165) is 25.5 Å². The zero-order chi connectivity index (χ0) is 23.2. The van der Waals surface area contributed by atoms with E-state index in [1.165, 1.54) is 27.7 Å². The van der Waals surface area contributed by atoms with Crippen molar-refractivity contribution in [3.8, 4) is 0 Å². The lowest BCUT2D eigenvalue weighted by atomic mass is 10.1.